The van der Waals surface area contributed by atoms with E-state index in [0.717, 1.165) is 36.4 Å². The van der Waals surface area contributed by atoms with Gasteiger partial charge in [0.05, 0.1) is 12.3 Å². The lowest BCUT2D eigenvalue weighted by Crippen LogP contribution is -2.22. The molecule has 1 aromatic heterocycles. The fourth-order valence-electron chi connectivity index (χ4n) is 3.15. The van der Waals surface area contributed by atoms with Crippen molar-refractivity contribution < 1.29 is 5.11 Å². The van der Waals surface area contributed by atoms with Gasteiger partial charge in [-0.25, -0.2) is 4.98 Å². The smallest absolute Gasteiger partial charge is 0.128 e. The first-order valence-corrected chi connectivity index (χ1v) is 6.18. The summed E-state index contributed by atoms with van der Waals surface area (Å²) in [5.74, 6) is 2.82. The Balaban J connectivity index is 1.78. The summed E-state index contributed by atoms with van der Waals surface area (Å²) >= 11 is 0. The quantitative estimate of drug-likeness (QED) is 0.822. The second-order valence-corrected chi connectivity index (χ2v) is 5.00. The number of hydrogen-bond donors (Lipinski definition) is 1. The summed E-state index contributed by atoms with van der Waals surface area (Å²) in [6, 6.07) is 5.92. The molecule has 2 unspecified atom stereocenters. The van der Waals surface area contributed by atoms with E-state index in [1.807, 2.05) is 12.1 Å². The van der Waals surface area contributed by atoms with E-state index in [1.165, 1.54) is 19.3 Å². The Kier molecular flexibility index (Phi) is 2.56. The van der Waals surface area contributed by atoms with Gasteiger partial charge < -0.3 is 10.0 Å². The van der Waals surface area contributed by atoms with Crippen LogP contribution in [-0.4, -0.2) is 23.2 Å². The Morgan fingerprint density at radius 3 is 2.69 bits per heavy atom. The number of hydrogen-bond acceptors (Lipinski definition) is 3. The monoisotopic (exact) mass is 218 g/mol. The Hall–Kier alpha value is -1.09. The topological polar surface area (TPSA) is 36.4 Å². The van der Waals surface area contributed by atoms with E-state index in [9.17, 15) is 0 Å². The van der Waals surface area contributed by atoms with Crippen LogP contribution in [0.15, 0.2) is 18.2 Å². The van der Waals surface area contributed by atoms with E-state index < -0.39 is 0 Å². The van der Waals surface area contributed by atoms with Gasteiger partial charge in [0.1, 0.15) is 5.82 Å². The molecule has 1 aliphatic heterocycles. The summed E-state index contributed by atoms with van der Waals surface area (Å²) in [4.78, 5) is 6.86. The van der Waals surface area contributed by atoms with Gasteiger partial charge in [0.2, 0.25) is 0 Å². The molecular weight excluding hydrogens is 200 g/mol. The number of aliphatic hydroxyl groups is 1. The summed E-state index contributed by atoms with van der Waals surface area (Å²) < 4.78 is 0. The van der Waals surface area contributed by atoms with Crippen LogP contribution in [-0.2, 0) is 6.61 Å². The molecule has 16 heavy (non-hydrogen) atoms. The maximum absolute atomic E-state index is 9.09. The Bertz CT molecular complexity index is 368. The minimum absolute atomic E-state index is 0.0362. The Morgan fingerprint density at radius 2 is 2.00 bits per heavy atom. The molecule has 1 aromatic rings. The molecule has 3 nitrogen and oxygen atoms in total. The number of anilines is 1. The molecule has 2 fully saturated rings. The van der Waals surface area contributed by atoms with Crippen LogP contribution in [0.4, 0.5) is 5.82 Å². The van der Waals surface area contributed by atoms with Gasteiger partial charge in [-0.15, -0.1) is 0 Å². The average Bonchev–Trinajstić information content (AvgIpc) is 2.89. The van der Waals surface area contributed by atoms with E-state index in [1.54, 1.807) is 0 Å². The summed E-state index contributed by atoms with van der Waals surface area (Å²) in [6.45, 7) is 2.35. The highest BCUT2D eigenvalue weighted by atomic mass is 16.3. The molecule has 2 atom stereocenters. The molecule has 86 valence electrons. The third-order valence-electron chi connectivity index (χ3n) is 4.00. The highest BCUT2D eigenvalue weighted by molar-refractivity contribution is 5.41. The van der Waals surface area contributed by atoms with Crippen LogP contribution in [0.25, 0.3) is 0 Å². The van der Waals surface area contributed by atoms with Gasteiger partial charge in [0, 0.05) is 13.1 Å². The molecule has 0 aromatic carbocycles. The summed E-state index contributed by atoms with van der Waals surface area (Å²) in [5, 5.41) is 9.09. The molecular formula is C13H18N2O. The fourth-order valence-corrected chi connectivity index (χ4v) is 3.15. The first-order valence-electron chi connectivity index (χ1n) is 6.18. The zero-order chi connectivity index (χ0) is 11.0. The maximum Gasteiger partial charge on any atom is 0.128 e. The van der Waals surface area contributed by atoms with Crippen molar-refractivity contribution in [3.63, 3.8) is 0 Å². The molecule has 3 rings (SSSR count). The van der Waals surface area contributed by atoms with Crippen molar-refractivity contribution in [1.82, 2.24) is 4.98 Å². The first kappa shape index (κ1) is 10.1. The van der Waals surface area contributed by atoms with Gasteiger partial charge in [0.15, 0.2) is 0 Å². The van der Waals surface area contributed by atoms with Gasteiger partial charge in [-0.2, -0.15) is 0 Å². The van der Waals surface area contributed by atoms with Gasteiger partial charge in [-0.05, 0) is 36.8 Å². The third kappa shape index (κ3) is 1.69. The van der Waals surface area contributed by atoms with Crippen molar-refractivity contribution in [3.05, 3.63) is 23.9 Å². The summed E-state index contributed by atoms with van der Waals surface area (Å²) in [6.07, 6.45) is 4.19. The lowest BCUT2D eigenvalue weighted by molar-refractivity contribution is 0.277. The van der Waals surface area contributed by atoms with Gasteiger partial charge >= 0.3 is 0 Å². The normalized spacial score (nSPS) is 28.4. The van der Waals surface area contributed by atoms with E-state index in [2.05, 4.69) is 16.0 Å². The van der Waals surface area contributed by atoms with Crippen LogP contribution in [0.5, 0.6) is 0 Å². The van der Waals surface area contributed by atoms with Crippen LogP contribution >= 0.6 is 0 Å². The van der Waals surface area contributed by atoms with Crippen molar-refractivity contribution in [2.45, 2.75) is 25.9 Å². The number of aliphatic hydroxyl groups excluding tert-OH is 1. The van der Waals surface area contributed by atoms with E-state index in [0.29, 0.717) is 0 Å². The van der Waals surface area contributed by atoms with Gasteiger partial charge in [0.25, 0.3) is 0 Å². The minimum atomic E-state index is 0.0362. The summed E-state index contributed by atoms with van der Waals surface area (Å²) in [5.41, 5.74) is 0.773. The predicted octanol–water partition coefficient (Wildman–Crippen LogP) is 1.81. The molecule has 1 saturated carbocycles. The minimum Gasteiger partial charge on any atom is -0.390 e. The number of nitrogens with zero attached hydrogens (tertiary/aromatic N) is 2. The van der Waals surface area contributed by atoms with Crippen molar-refractivity contribution in [2.75, 3.05) is 18.0 Å². The molecule has 3 heteroatoms. The zero-order valence-electron chi connectivity index (χ0n) is 9.47. The highest BCUT2D eigenvalue weighted by Gasteiger charge is 2.36. The number of fused-ring (bicyclic) bond motifs is 1. The molecule has 2 aliphatic rings. The lowest BCUT2D eigenvalue weighted by atomic mass is 10.0. The average molecular weight is 218 g/mol. The van der Waals surface area contributed by atoms with E-state index in [4.69, 9.17) is 5.11 Å². The van der Waals surface area contributed by atoms with E-state index in [-0.39, 0.29) is 6.61 Å². The lowest BCUT2D eigenvalue weighted by Gasteiger charge is -2.18. The Morgan fingerprint density at radius 1 is 1.25 bits per heavy atom. The van der Waals surface area contributed by atoms with Crippen LogP contribution in [0.1, 0.15) is 25.0 Å². The maximum atomic E-state index is 9.09. The molecule has 1 N–H and O–H groups in total. The molecule has 0 amide bonds. The van der Waals surface area contributed by atoms with Crippen LogP contribution < -0.4 is 4.90 Å². The van der Waals surface area contributed by atoms with Crippen molar-refractivity contribution in [1.29, 1.82) is 0 Å². The molecule has 1 aliphatic carbocycles. The van der Waals surface area contributed by atoms with Crippen molar-refractivity contribution in [2.24, 2.45) is 11.8 Å². The number of aromatic nitrogens is 1. The van der Waals surface area contributed by atoms with Gasteiger partial charge in [-0.3, -0.25) is 0 Å². The zero-order valence-corrected chi connectivity index (χ0v) is 9.47. The number of rotatable bonds is 2. The van der Waals surface area contributed by atoms with Crippen LogP contribution in [0.3, 0.4) is 0 Å². The second-order valence-electron chi connectivity index (χ2n) is 5.00. The van der Waals surface area contributed by atoms with Gasteiger partial charge in [-0.1, -0.05) is 12.5 Å². The van der Waals surface area contributed by atoms with Crippen molar-refractivity contribution in [3.8, 4) is 0 Å². The molecule has 0 bridgehead atoms. The second kappa shape index (κ2) is 4.06. The Labute approximate surface area is 96.1 Å². The molecule has 0 radical (unpaired) electrons. The summed E-state index contributed by atoms with van der Waals surface area (Å²) in [7, 11) is 0. The standard InChI is InChI=1S/C13H18N2O/c16-9-12-5-2-6-13(14-12)15-7-10-3-1-4-11(10)8-15/h2,5-6,10-11,16H,1,3-4,7-9H2. The SMILES string of the molecule is OCc1cccc(N2CC3CCCC3C2)n1. The first-order chi connectivity index (χ1) is 7.86. The van der Waals surface area contributed by atoms with Crippen LogP contribution in [0.2, 0.25) is 0 Å². The van der Waals surface area contributed by atoms with E-state index >= 15 is 0 Å². The molecule has 2 heterocycles. The fraction of sp³-hybridized carbons (Fsp3) is 0.615. The predicted molar refractivity (Wildman–Crippen MR) is 63.2 cm³/mol. The van der Waals surface area contributed by atoms with Crippen LogP contribution in [0, 0.1) is 11.8 Å². The number of pyridine rings is 1. The molecule has 0 spiro atoms. The molecule has 1 saturated heterocycles. The van der Waals surface area contributed by atoms with Crippen molar-refractivity contribution >= 4 is 5.82 Å². The third-order valence-corrected chi connectivity index (χ3v) is 4.00. The highest BCUT2D eigenvalue weighted by Crippen LogP contribution is 2.38. The largest absolute Gasteiger partial charge is 0.390 e.